The number of rotatable bonds is 9. The summed E-state index contributed by atoms with van der Waals surface area (Å²) in [6.45, 7) is 6.54. The molecular weight excluding hydrogens is 432 g/mol. The lowest BCUT2D eigenvalue weighted by molar-refractivity contribution is -0.113. The minimum absolute atomic E-state index is 0.174. The van der Waals surface area contributed by atoms with Crippen molar-refractivity contribution in [3.8, 4) is 0 Å². The molecule has 31 heavy (non-hydrogen) atoms. The predicted molar refractivity (Wildman–Crippen MR) is 124 cm³/mol. The largest absolute Gasteiger partial charge is 0.465 e. The smallest absolute Gasteiger partial charge is 0.341 e. The van der Waals surface area contributed by atoms with Gasteiger partial charge in [-0.15, -0.1) is 21.5 Å². The lowest BCUT2D eigenvalue weighted by atomic mass is 10.1. The summed E-state index contributed by atoms with van der Waals surface area (Å²) in [5.41, 5.74) is 2.50. The van der Waals surface area contributed by atoms with Gasteiger partial charge >= 0.3 is 5.97 Å². The van der Waals surface area contributed by atoms with Crippen molar-refractivity contribution in [2.75, 3.05) is 18.2 Å². The monoisotopic (exact) mass is 458 g/mol. The van der Waals surface area contributed by atoms with Gasteiger partial charge in [0.1, 0.15) is 10.8 Å². The van der Waals surface area contributed by atoms with Crippen molar-refractivity contribution in [3.63, 3.8) is 0 Å². The number of nitrogens with zero attached hydrogens (tertiary/aromatic N) is 3. The van der Waals surface area contributed by atoms with E-state index in [2.05, 4.69) is 27.6 Å². The van der Waals surface area contributed by atoms with E-state index >= 15 is 0 Å². The summed E-state index contributed by atoms with van der Waals surface area (Å²) in [6.07, 6.45) is 1.67. The number of hydrogen-bond acceptors (Lipinski definition) is 7. The Labute approximate surface area is 190 Å². The highest BCUT2D eigenvalue weighted by molar-refractivity contribution is 7.99. The van der Waals surface area contributed by atoms with Crippen LogP contribution in [0, 0.1) is 13.8 Å². The maximum absolute atomic E-state index is 12.6. The van der Waals surface area contributed by atoms with E-state index in [1.807, 2.05) is 43.5 Å². The average molecular weight is 459 g/mol. The number of aromatic nitrogens is 3. The molecule has 0 saturated carbocycles. The fourth-order valence-electron chi connectivity index (χ4n) is 3.18. The Morgan fingerprint density at radius 1 is 1.16 bits per heavy atom. The number of nitrogens with one attached hydrogen (secondary N) is 1. The van der Waals surface area contributed by atoms with Crippen LogP contribution in [0.25, 0.3) is 0 Å². The Balaban J connectivity index is 1.62. The second-order valence-corrected chi connectivity index (χ2v) is 9.11. The van der Waals surface area contributed by atoms with E-state index < -0.39 is 5.97 Å². The summed E-state index contributed by atoms with van der Waals surface area (Å²) in [6, 6.07) is 10.3. The first-order valence-corrected chi connectivity index (χ1v) is 11.8. The van der Waals surface area contributed by atoms with Crippen LogP contribution in [0.15, 0.2) is 35.5 Å². The van der Waals surface area contributed by atoms with Crippen LogP contribution in [-0.2, 0) is 28.9 Å². The summed E-state index contributed by atoms with van der Waals surface area (Å²) in [4.78, 5) is 25.6. The van der Waals surface area contributed by atoms with Crippen LogP contribution in [0.5, 0.6) is 0 Å². The van der Waals surface area contributed by atoms with E-state index in [1.54, 1.807) is 0 Å². The number of carbonyl (C=O) groups is 2. The second-order valence-electron chi connectivity index (χ2n) is 6.94. The number of methoxy groups -OCH3 is 1. The zero-order valence-electron chi connectivity index (χ0n) is 18.1. The highest BCUT2D eigenvalue weighted by Crippen LogP contribution is 2.33. The SMILES string of the molecule is CCn1c(CCc2ccccc2)nnc1SCC(=O)Nc1sc(C)c(C)c1C(=O)OC. The van der Waals surface area contributed by atoms with Gasteiger partial charge in [0.15, 0.2) is 5.16 Å². The number of thiophene rings is 1. The van der Waals surface area contributed by atoms with Gasteiger partial charge in [0.25, 0.3) is 0 Å². The lowest BCUT2D eigenvalue weighted by Gasteiger charge is -2.08. The second kappa shape index (κ2) is 10.6. The lowest BCUT2D eigenvalue weighted by Crippen LogP contribution is -2.16. The molecule has 0 saturated heterocycles. The number of aryl methyl sites for hydroxylation is 3. The minimum atomic E-state index is -0.446. The third kappa shape index (κ3) is 5.54. The van der Waals surface area contributed by atoms with E-state index in [9.17, 15) is 9.59 Å². The molecular formula is C22H26N4O3S2. The van der Waals surface area contributed by atoms with Crippen LogP contribution in [0.2, 0.25) is 0 Å². The van der Waals surface area contributed by atoms with Crippen molar-refractivity contribution in [2.24, 2.45) is 0 Å². The quantitative estimate of drug-likeness (QED) is 0.380. The normalized spacial score (nSPS) is 10.8. The van der Waals surface area contributed by atoms with Crippen molar-refractivity contribution >= 4 is 40.0 Å². The maximum atomic E-state index is 12.6. The number of anilines is 1. The van der Waals surface area contributed by atoms with Gasteiger partial charge in [0.2, 0.25) is 5.91 Å². The van der Waals surface area contributed by atoms with Crippen molar-refractivity contribution in [3.05, 3.63) is 57.7 Å². The van der Waals surface area contributed by atoms with Gasteiger partial charge in [0.05, 0.1) is 18.4 Å². The Morgan fingerprint density at radius 3 is 2.58 bits per heavy atom. The van der Waals surface area contributed by atoms with Crippen molar-refractivity contribution < 1.29 is 14.3 Å². The molecule has 1 aromatic carbocycles. The van der Waals surface area contributed by atoms with Crippen LogP contribution in [0.1, 0.15) is 39.1 Å². The van der Waals surface area contributed by atoms with Crippen molar-refractivity contribution in [2.45, 2.75) is 45.3 Å². The Bertz CT molecular complexity index is 1060. The van der Waals surface area contributed by atoms with Gasteiger partial charge in [-0.2, -0.15) is 0 Å². The third-order valence-corrected chi connectivity index (χ3v) is 7.04. The van der Waals surface area contributed by atoms with Gasteiger partial charge in [-0.05, 0) is 38.3 Å². The molecule has 0 radical (unpaired) electrons. The molecule has 9 heteroatoms. The third-order valence-electron chi connectivity index (χ3n) is 4.95. The summed E-state index contributed by atoms with van der Waals surface area (Å²) < 4.78 is 6.90. The van der Waals surface area contributed by atoms with Crippen LogP contribution in [0.4, 0.5) is 5.00 Å². The topological polar surface area (TPSA) is 86.1 Å². The molecule has 0 aliphatic heterocycles. The van der Waals surface area contributed by atoms with Crippen LogP contribution in [-0.4, -0.2) is 39.5 Å². The first-order chi connectivity index (χ1) is 14.9. The molecule has 2 heterocycles. The number of carbonyl (C=O) groups excluding carboxylic acids is 2. The molecule has 0 aliphatic rings. The first-order valence-electron chi connectivity index (χ1n) is 10.0. The van der Waals surface area contributed by atoms with Gasteiger partial charge in [0, 0.05) is 17.8 Å². The number of amides is 1. The molecule has 0 bridgehead atoms. The van der Waals surface area contributed by atoms with Gasteiger partial charge in [-0.3, -0.25) is 4.79 Å². The van der Waals surface area contributed by atoms with Crippen LogP contribution < -0.4 is 5.32 Å². The molecule has 1 amide bonds. The zero-order valence-corrected chi connectivity index (χ0v) is 19.7. The Morgan fingerprint density at radius 2 is 1.90 bits per heavy atom. The molecule has 2 aromatic heterocycles. The highest BCUT2D eigenvalue weighted by atomic mass is 32.2. The van der Waals surface area contributed by atoms with Gasteiger partial charge in [-0.25, -0.2) is 4.79 Å². The molecule has 3 rings (SSSR count). The van der Waals surface area contributed by atoms with E-state index in [1.165, 1.54) is 35.8 Å². The summed E-state index contributed by atoms with van der Waals surface area (Å²) in [5.74, 6) is 0.436. The number of benzene rings is 1. The number of hydrogen-bond donors (Lipinski definition) is 1. The van der Waals surface area contributed by atoms with E-state index in [-0.39, 0.29) is 11.7 Å². The van der Waals surface area contributed by atoms with Crippen molar-refractivity contribution in [1.29, 1.82) is 0 Å². The standard InChI is InChI=1S/C22H26N4O3S2/c1-5-26-17(12-11-16-9-7-6-8-10-16)24-25-22(26)30-13-18(27)23-20-19(21(28)29-4)14(2)15(3)31-20/h6-10H,5,11-13H2,1-4H3,(H,23,27). The number of esters is 1. The predicted octanol–water partition coefficient (Wildman–Crippen LogP) is 4.28. The first kappa shape index (κ1) is 23.0. The minimum Gasteiger partial charge on any atom is -0.465 e. The molecule has 164 valence electrons. The van der Waals surface area contributed by atoms with Crippen LogP contribution >= 0.6 is 23.1 Å². The Hall–Kier alpha value is -2.65. The average Bonchev–Trinajstić information content (AvgIpc) is 3.30. The van der Waals surface area contributed by atoms with E-state index in [0.717, 1.165) is 35.7 Å². The molecule has 0 aliphatic carbocycles. The molecule has 0 atom stereocenters. The van der Waals surface area contributed by atoms with E-state index in [4.69, 9.17) is 4.74 Å². The van der Waals surface area contributed by atoms with Gasteiger partial charge in [-0.1, -0.05) is 42.1 Å². The molecule has 0 unspecified atom stereocenters. The fourth-order valence-corrected chi connectivity index (χ4v) is 5.07. The fraction of sp³-hybridized carbons (Fsp3) is 0.364. The molecule has 0 spiro atoms. The maximum Gasteiger partial charge on any atom is 0.341 e. The number of ether oxygens (including phenoxy) is 1. The summed E-state index contributed by atoms with van der Waals surface area (Å²) in [5, 5.41) is 12.7. The van der Waals surface area contributed by atoms with Crippen LogP contribution in [0.3, 0.4) is 0 Å². The molecule has 7 nitrogen and oxygen atoms in total. The molecule has 3 aromatic rings. The summed E-state index contributed by atoms with van der Waals surface area (Å²) in [7, 11) is 1.34. The highest BCUT2D eigenvalue weighted by Gasteiger charge is 2.22. The van der Waals surface area contributed by atoms with Crippen molar-refractivity contribution in [1.82, 2.24) is 14.8 Å². The van der Waals surface area contributed by atoms with Gasteiger partial charge < -0.3 is 14.6 Å². The summed E-state index contributed by atoms with van der Waals surface area (Å²) >= 11 is 2.71. The zero-order chi connectivity index (χ0) is 22.4. The molecule has 0 fully saturated rings. The molecule has 1 N–H and O–H groups in total. The Kier molecular flexibility index (Phi) is 7.86. The number of thioether (sulfide) groups is 1. The van der Waals surface area contributed by atoms with E-state index in [0.29, 0.717) is 15.7 Å².